The van der Waals surface area contributed by atoms with E-state index >= 15 is 0 Å². The molecule has 0 aliphatic carbocycles. The van der Waals surface area contributed by atoms with Gasteiger partial charge in [0.05, 0.1) is 10.6 Å². The molecule has 2 rings (SSSR count). The molecule has 0 radical (unpaired) electrons. The first kappa shape index (κ1) is 15.1. The third-order valence-corrected chi connectivity index (χ3v) is 4.93. The summed E-state index contributed by atoms with van der Waals surface area (Å²) < 4.78 is 61.2. The Hall–Kier alpha value is -1.28. The normalized spacial score (nSPS) is 17.4. The van der Waals surface area contributed by atoms with Crippen LogP contribution in [0.4, 0.5) is 18.9 Å². The maximum absolute atomic E-state index is 12.7. The van der Waals surface area contributed by atoms with E-state index in [-0.39, 0.29) is 11.7 Å². The molecule has 8 heteroatoms. The molecule has 0 unspecified atom stereocenters. The third kappa shape index (κ3) is 2.49. The average Bonchev–Trinajstić information content (AvgIpc) is 2.25. The summed E-state index contributed by atoms with van der Waals surface area (Å²) in [7, 11) is -1.57. The summed E-state index contributed by atoms with van der Waals surface area (Å²) in [5.41, 5.74) is -5.17. The van der Waals surface area contributed by atoms with Crippen LogP contribution in [0, 0.1) is 0 Å². The van der Waals surface area contributed by atoms with E-state index in [4.69, 9.17) is 0 Å². The number of rotatable bonds is 3. The molecule has 1 aromatic carbocycles. The van der Waals surface area contributed by atoms with Crippen molar-refractivity contribution < 1.29 is 21.6 Å². The highest BCUT2D eigenvalue weighted by atomic mass is 32.2. The number of nitrogens with zero attached hydrogens (tertiary/aromatic N) is 2. The van der Waals surface area contributed by atoms with E-state index in [0.29, 0.717) is 13.1 Å². The van der Waals surface area contributed by atoms with Crippen LogP contribution in [-0.4, -0.2) is 52.1 Å². The highest BCUT2D eigenvalue weighted by Gasteiger charge is 2.48. The summed E-state index contributed by atoms with van der Waals surface area (Å²) in [6.07, 6.45) is 0. The monoisotopic (exact) mass is 308 g/mol. The molecule has 1 aliphatic heterocycles. The summed E-state index contributed by atoms with van der Waals surface area (Å²) in [6, 6.07) is 5.46. The zero-order chi connectivity index (χ0) is 15.1. The van der Waals surface area contributed by atoms with Crippen molar-refractivity contribution in [3.63, 3.8) is 0 Å². The average molecular weight is 308 g/mol. The summed E-state index contributed by atoms with van der Waals surface area (Å²) in [4.78, 5) is 2.92. The van der Waals surface area contributed by atoms with Gasteiger partial charge in [0, 0.05) is 19.1 Å². The minimum absolute atomic E-state index is 0.114. The van der Waals surface area contributed by atoms with Gasteiger partial charge in [-0.15, -0.1) is 0 Å². The molecule has 20 heavy (non-hydrogen) atoms. The fourth-order valence-corrected chi connectivity index (χ4v) is 3.03. The van der Waals surface area contributed by atoms with Crippen molar-refractivity contribution in [3.8, 4) is 0 Å². The van der Waals surface area contributed by atoms with Crippen LogP contribution >= 0.6 is 0 Å². The van der Waals surface area contributed by atoms with Crippen molar-refractivity contribution in [2.75, 3.05) is 32.1 Å². The van der Waals surface area contributed by atoms with E-state index in [2.05, 4.69) is 0 Å². The van der Waals surface area contributed by atoms with E-state index in [1.165, 1.54) is 18.2 Å². The third-order valence-electron chi connectivity index (χ3n) is 3.39. The van der Waals surface area contributed by atoms with Gasteiger partial charge in [-0.3, -0.25) is 0 Å². The second-order valence-electron chi connectivity index (χ2n) is 4.94. The topological polar surface area (TPSA) is 40.6 Å². The number of hydrogen-bond acceptors (Lipinski definition) is 4. The van der Waals surface area contributed by atoms with Crippen LogP contribution in [0.3, 0.4) is 0 Å². The Morgan fingerprint density at radius 3 is 2.25 bits per heavy atom. The zero-order valence-electron chi connectivity index (χ0n) is 11.1. The molecule has 1 heterocycles. The number of para-hydroxylation sites is 1. The van der Waals surface area contributed by atoms with Gasteiger partial charge in [0.25, 0.3) is 9.84 Å². The van der Waals surface area contributed by atoms with Crippen LogP contribution in [-0.2, 0) is 9.84 Å². The van der Waals surface area contributed by atoms with Gasteiger partial charge in [0.2, 0.25) is 0 Å². The second kappa shape index (κ2) is 4.92. The van der Waals surface area contributed by atoms with Crippen molar-refractivity contribution in [3.05, 3.63) is 24.3 Å². The smallest absolute Gasteiger partial charge is 0.367 e. The van der Waals surface area contributed by atoms with Gasteiger partial charge < -0.3 is 9.80 Å². The second-order valence-corrected chi connectivity index (χ2v) is 6.85. The molecule has 0 saturated carbocycles. The predicted molar refractivity (Wildman–Crippen MR) is 69.4 cm³/mol. The molecular formula is C12H15F3N2O2S. The molecule has 112 valence electrons. The van der Waals surface area contributed by atoms with Gasteiger partial charge in [-0.2, -0.15) is 13.2 Å². The molecule has 1 saturated heterocycles. The van der Waals surface area contributed by atoms with Crippen LogP contribution < -0.4 is 4.90 Å². The molecule has 0 spiro atoms. The maximum Gasteiger partial charge on any atom is 0.501 e. The van der Waals surface area contributed by atoms with Gasteiger partial charge >= 0.3 is 5.51 Å². The molecule has 0 bridgehead atoms. The van der Waals surface area contributed by atoms with Crippen LogP contribution in [0.5, 0.6) is 0 Å². The van der Waals surface area contributed by atoms with Crippen LogP contribution in [0.25, 0.3) is 0 Å². The quantitative estimate of drug-likeness (QED) is 0.853. The molecule has 0 aromatic heterocycles. The fourth-order valence-electron chi connectivity index (χ4n) is 2.05. The van der Waals surface area contributed by atoms with Crippen molar-refractivity contribution in [2.45, 2.75) is 16.4 Å². The number of benzene rings is 1. The molecule has 4 nitrogen and oxygen atoms in total. The van der Waals surface area contributed by atoms with Crippen molar-refractivity contribution in [2.24, 2.45) is 0 Å². The lowest BCUT2D eigenvalue weighted by molar-refractivity contribution is -0.0435. The van der Waals surface area contributed by atoms with E-state index in [0.717, 1.165) is 6.07 Å². The predicted octanol–water partition coefficient (Wildman–Crippen LogP) is 1.73. The molecule has 0 amide bonds. The summed E-state index contributed by atoms with van der Waals surface area (Å²) in [5.74, 6) is 0. The first-order valence-corrected chi connectivity index (χ1v) is 7.44. The number of halogens is 3. The molecule has 0 atom stereocenters. The SMILES string of the molecule is CN(C)C1CN(c2ccccc2S(=O)(=O)C(F)(F)F)C1. The summed E-state index contributed by atoms with van der Waals surface area (Å²) in [6.45, 7) is 1.02. The Balaban J connectivity index is 2.34. The van der Waals surface area contributed by atoms with Gasteiger partial charge in [0.1, 0.15) is 0 Å². The first-order chi connectivity index (χ1) is 9.14. The lowest BCUT2D eigenvalue weighted by Gasteiger charge is -2.44. The van der Waals surface area contributed by atoms with E-state index in [1.807, 2.05) is 19.0 Å². The summed E-state index contributed by atoms with van der Waals surface area (Å²) >= 11 is 0. The lowest BCUT2D eigenvalue weighted by atomic mass is 10.1. The number of anilines is 1. The van der Waals surface area contributed by atoms with Gasteiger partial charge in [-0.1, -0.05) is 12.1 Å². The molecular weight excluding hydrogens is 293 g/mol. The van der Waals surface area contributed by atoms with E-state index in [1.54, 1.807) is 4.90 Å². The minimum Gasteiger partial charge on any atom is -0.367 e. The largest absolute Gasteiger partial charge is 0.501 e. The Morgan fingerprint density at radius 2 is 1.75 bits per heavy atom. The lowest BCUT2D eigenvalue weighted by Crippen LogP contribution is -2.57. The molecule has 1 fully saturated rings. The standard InChI is InChI=1S/C12H15F3N2O2S/c1-16(2)9-7-17(8-9)10-5-3-4-6-11(10)20(18,19)12(13,14)15/h3-6,9H,7-8H2,1-2H3. The van der Waals surface area contributed by atoms with Crippen molar-refractivity contribution in [1.29, 1.82) is 0 Å². The van der Waals surface area contributed by atoms with Gasteiger partial charge in [0.15, 0.2) is 0 Å². The zero-order valence-corrected chi connectivity index (χ0v) is 11.9. The summed E-state index contributed by atoms with van der Waals surface area (Å²) in [5, 5.41) is 0. The van der Waals surface area contributed by atoms with Crippen LogP contribution in [0.2, 0.25) is 0 Å². The van der Waals surface area contributed by atoms with Crippen LogP contribution in [0.1, 0.15) is 0 Å². The number of alkyl halides is 3. The number of hydrogen-bond donors (Lipinski definition) is 0. The first-order valence-electron chi connectivity index (χ1n) is 5.96. The Kier molecular flexibility index (Phi) is 3.72. The molecule has 0 N–H and O–H groups in total. The van der Waals surface area contributed by atoms with Crippen molar-refractivity contribution in [1.82, 2.24) is 4.90 Å². The van der Waals surface area contributed by atoms with Crippen LogP contribution in [0.15, 0.2) is 29.2 Å². The minimum atomic E-state index is -5.32. The van der Waals surface area contributed by atoms with E-state index < -0.39 is 20.2 Å². The number of likely N-dealkylation sites (N-methyl/N-ethyl adjacent to an activating group) is 1. The maximum atomic E-state index is 12.7. The van der Waals surface area contributed by atoms with Crippen molar-refractivity contribution >= 4 is 15.5 Å². The Bertz CT molecular complexity index is 593. The molecule has 1 aromatic rings. The van der Waals surface area contributed by atoms with E-state index in [9.17, 15) is 21.6 Å². The highest BCUT2D eigenvalue weighted by molar-refractivity contribution is 7.92. The highest BCUT2D eigenvalue weighted by Crippen LogP contribution is 2.37. The van der Waals surface area contributed by atoms with Gasteiger partial charge in [-0.25, -0.2) is 8.42 Å². The fraction of sp³-hybridized carbons (Fsp3) is 0.500. The number of sulfone groups is 1. The Labute approximate surface area is 115 Å². The van der Waals surface area contributed by atoms with Gasteiger partial charge in [-0.05, 0) is 26.2 Å². The molecule has 1 aliphatic rings. The Morgan fingerprint density at radius 1 is 1.20 bits per heavy atom.